The Morgan fingerprint density at radius 3 is 1.51 bits per heavy atom. The Morgan fingerprint density at radius 2 is 0.881 bits per heavy atom. The van der Waals surface area contributed by atoms with Crippen molar-refractivity contribution in [2.75, 3.05) is 6.54 Å². The van der Waals surface area contributed by atoms with Gasteiger partial charge in [0.05, 0.1) is 24.7 Å². The van der Waals surface area contributed by atoms with E-state index in [0.717, 1.165) is 95.3 Å². The van der Waals surface area contributed by atoms with Crippen LogP contribution in [-0.4, -0.2) is 71.2 Å². The molecule has 4 heterocycles. The van der Waals surface area contributed by atoms with Crippen molar-refractivity contribution in [3.63, 3.8) is 0 Å². The fourth-order valence-electron chi connectivity index (χ4n) is 19.9. The summed E-state index contributed by atoms with van der Waals surface area (Å²) >= 11 is 0. The zero-order chi connectivity index (χ0) is 39.2. The summed E-state index contributed by atoms with van der Waals surface area (Å²) < 4.78 is 0. The first-order chi connectivity index (χ1) is 29.0. The summed E-state index contributed by atoms with van der Waals surface area (Å²) in [6.45, 7) is 6.77. The normalized spacial score (nSPS) is 52.2. The van der Waals surface area contributed by atoms with Gasteiger partial charge in [-0.1, -0.05) is 90.9 Å². The molecule has 0 bridgehead atoms. The van der Waals surface area contributed by atoms with Crippen LogP contribution in [0.25, 0.3) is 0 Å². The molecule has 0 radical (unpaired) electrons. The molecule has 4 N–H and O–H groups in total. The number of nitrogens with zero attached hydrogens (tertiary/aromatic N) is 2. The molecule has 12 fully saturated rings. The predicted octanol–water partition coefficient (Wildman–Crippen LogP) is 10.4. The summed E-state index contributed by atoms with van der Waals surface area (Å²) in [6.07, 6.45) is 45.1. The van der Waals surface area contributed by atoms with Gasteiger partial charge in [0.1, 0.15) is 0 Å². The first-order valence-corrected chi connectivity index (χ1v) is 27.6. The quantitative estimate of drug-likeness (QED) is 0.222. The van der Waals surface area contributed by atoms with Gasteiger partial charge in [-0.2, -0.15) is 0 Å². The lowest BCUT2D eigenvalue weighted by atomic mass is 9.62. The van der Waals surface area contributed by atoms with Crippen LogP contribution in [0.1, 0.15) is 200 Å². The molecular weight excluding hydrogens is 721 g/mol. The summed E-state index contributed by atoms with van der Waals surface area (Å²) in [5.74, 6) is 10.4. The Hall–Kier alpha value is -0.240. The summed E-state index contributed by atoms with van der Waals surface area (Å²) in [5.41, 5.74) is 0.576. The minimum atomic E-state index is 0.504. The van der Waals surface area contributed by atoms with E-state index in [0.29, 0.717) is 30.1 Å². The number of nitrogens with one attached hydrogen (secondary N) is 4. The average Bonchev–Trinajstić information content (AvgIpc) is 3.88. The fraction of sp³-hybridized carbons (Fsp3) is 1.00. The van der Waals surface area contributed by atoms with Crippen LogP contribution in [0.5, 0.6) is 0 Å². The van der Waals surface area contributed by atoms with Crippen LogP contribution in [-0.2, 0) is 0 Å². The zero-order valence-electron chi connectivity index (χ0n) is 38.2. The second-order valence-electron chi connectivity index (χ2n) is 25.0. The van der Waals surface area contributed by atoms with Crippen molar-refractivity contribution in [3.05, 3.63) is 0 Å². The molecule has 6 nitrogen and oxygen atoms in total. The second-order valence-corrected chi connectivity index (χ2v) is 25.0. The van der Waals surface area contributed by atoms with Gasteiger partial charge >= 0.3 is 0 Å². The summed E-state index contributed by atoms with van der Waals surface area (Å²) in [4.78, 5) is 6.59. The molecule has 0 spiro atoms. The molecule has 332 valence electrons. The van der Waals surface area contributed by atoms with Crippen molar-refractivity contribution in [3.8, 4) is 0 Å². The number of hydrogen-bond donors (Lipinski definition) is 4. The van der Waals surface area contributed by atoms with E-state index in [1.807, 2.05) is 0 Å². The van der Waals surface area contributed by atoms with Gasteiger partial charge in [0.15, 0.2) is 0 Å². The predicted molar refractivity (Wildman–Crippen MR) is 241 cm³/mol. The van der Waals surface area contributed by atoms with E-state index in [9.17, 15) is 0 Å². The average molecular weight is 811 g/mol. The molecule has 6 heteroatoms. The minimum absolute atomic E-state index is 0.504. The van der Waals surface area contributed by atoms with Crippen LogP contribution in [0.4, 0.5) is 0 Å². The van der Waals surface area contributed by atoms with Crippen molar-refractivity contribution >= 4 is 0 Å². The standard InChI is InChI=1S/C53H90N6/c1-53(2)43-22-12-9-19-37(43)40-30-47-41(29-44(40)53)38-20-11-14-24-46(38)59(47)49-31-42-39-21-10-13-23-45(39)58(48(42)32-54-49)36-27-25-35(26-28-36)52-56-50(33-15-5-3-6-16-33)55-51(57-52)34-17-7-4-8-18-34/h33-52,54-57H,3-32H2,1-2H3. The van der Waals surface area contributed by atoms with Gasteiger partial charge in [0.2, 0.25) is 0 Å². The summed E-state index contributed by atoms with van der Waals surface area (Å²) in [5, 5.41) is 17.3. The van der Waals surface area contributed by atoms with Crippen LogP contribution in [0.3, 0.4) is 0 Å². The van der Waals surface area contributed by atoms with Crippen LogP contribution < -0.4 is 21.3 Å². The molecule has 8 aliphatic carbocycles. The van der Waals surface area contributed by atoms with E-state index in [2.05, 4.69) is 44.9 Å². The van der Waals surface area contributed by atoms with Crippen LogP contribution in [0.2, 0.25) is 0 Å². The van der Waals surface area contributed by atoms with Crippen LogP contribution in [0, 0.1) is 70.5 Å². The van der Waals surface area contributed by atoms with E-state index in [1.165, 1.54) is 173 Å². The molecule has 15 atom stereocenters. The van der Waals surface area contributed by atoms with Gasteiger partial charge in [-0.15, -0.1) is 0 Å². The summed E-state index contributed by atoms with van der Waals surface area (Å²) in [6, 6.07) is 4.23. The van der Waals surface area contributed by atoms with Gasteiger partial charge in [0, 0.05) is 36.8 Å². The molecular formula is C53H90N6. The van der Waals surface area contributed by atoms with E-state index in [4.69, 9.17) is 0 Å². The molecule has 0 aromatic heterocycles. The second kappa shape index (κ2) is 16.6. The van der Waals surface area contributed by atoms with E-state index in [-0.39, 0.29) is 0 Å². The van der Waals surface area contributed by atoms with Crippen molar-refractivity contribution < 1.29 is 0 Å². The Morgan fingerprint density at radius 1 is 0.373 bits per heavy atom. The third kappa shape index (κ3) is 7.04. The molecule has 0 aromatic rings. The Balaban J connectivity index is 0.743. The van der Waals surface area contributed by atoms with Gasteiger partial charge in [-0.25, -0.2) is 0 Å². The van der Waals surface area contributed by atoms with Crippen LogP contribution >= 0.6 is 0 Å². The Labute approximate surface area is 361 Å². The molecule has 12 aliphatic rings. The van der Waals surface area contributed by atoms with Gasteiger partial charge in [-0.05, 0) is 180 Å². The number of likely N-dealkylation sites (tertiary alicyclic amines) is 2. The SMILES string of the molecule is CC1(C)C2CCCCC2C2CC3C(CC21)C1CCCCC1N3C1CC2C3CCCCC3N(C3CCC(C4NC(C5CCCCC5)NC(C5CCCCC5)N4)CC3)C2CN1. The molecule has 0 amide bonds. The van der Waals surface area contributed by atoms with Gasteiger partial charge < -0.3 is 5.32 Å². The fourth-order valence-corrected chi connectivity index (χ4v) is 19.9. The number of piperidine rings is 1. The highest BCUT2D eigenvalue weighted by Crippen LogP contribution is 2.67. The molecule has 4 saturated heterocycles. The first-order valence-electron chi connectivity index (χ1n) is 27.6. The largest absolute Gasteiger partial charge is 0.300 e. The molecule has 0 aromatic carbocycles. The van der Waals surface area contributed by atoms with Crippen molar-refractivity contribution in [2.45, 2.75) is 255 Å². The van der Waals surface area contributed by atoms with Crippen LogP contribution in [0.15, 0.2) is 0 Å². The molecule has 15 unspecified atom stereocenters. The third-order valence-corrected chi connectivity index (χ3v) is 22.4. The molecule has 59 heavy (non-hydrogen) atoms. The monoisotopic (exact) mass is 811 g/mol. The number of fused-ring (bicyclic) bond motifs is 9. The molecule has 4 aliphatic heterocycles. The zero-order valence-corrected chi connectivity index (χ0v) is 38.2. The topological polar surface area (TPSA) is 54.6 Å². The maximum absolute atomic E-state index is 4.50. The lowest BCUT2D eigenvalue weighted by Gasteiger charge is -2.51. The molecule has 12 rings (SSSR count). The highest BCUT2D eigenvalue weighted by atomic mass is 15.4. The Kier molecular flexibility index (Phi) is 11.4. The number of rotatable bonds is 5. The van der Waals surface area contributed by atoms with E-state index < -0.39 is 0 Å². The number of hydrogen-bond acceptors (Lipinski definition) is 6. The van der Waals surface area contributed by atoms with Crippen molar-refractivity contribution in [1.82, 2.24) is 31.1 Å². The highest BCUT2D eigenvalue weighted by molar-refractivity contribution is 5.15. The van der Waals surface area contributed by atoms with Gasteiger partial charge in [0.25, 0.3) is 0 Å². The van der Waals surface area contributed by atoms with E-state index in [1.54, 1.807) is 19.3 Å². The lowest BCUT2D eigenvalue weighted by Crippen LogP contribution is -2.72. The van der Waals surface area contributed by atoms with Crippen molar-refractivity contribution in [1.29, 1.82) is 0 Å². The third-order valence-electron chi connectivity index (χ3n) is 22.4. The van der Waals surface area contributed by atoms with Crippen molar-refractivity contribution in [2.24, 2.45) is 70.5 Å². The Bertz CT molecular complexity index is 1400. The molecule has 8 saturated carbocycles. The smallest absolute Gasteiger partial charge is 0.0624 e. The maximum atomic E-state index is 4.50. The highest BCUT2D eigenvalue weighted by Gasteiger charge is 2.64. The lowest BCUT2D eigenvalue weighted by molar-refractivity contribution is -0.00825. The minimum Gasteiger partial charge on any atom is -0.300 e. The first kappa shape index (κ1) is 40.3. The summed E-state index contributed by atoms with van der Waals surface area (Å²) in [7, 11) is 0. The van der Waals surface area contributed by atoms with E-state index >= 15 is 0 Å². The van der Waals surface area contributed by atoms with Gasteiger partial charge in [-0.3, -0.25) is 25.8 Å². The maximum Gasteiger partial charge on any atom is 0.0624 e.